The second-order valence-electron chi connectivity index (χ2n) is 4.33. The summed E-state index contributed by atoms with van der Waals surface area (Å²) in [6, 6.07) is 9.31. The second kappa shape index (κ2) is 7.67. The lowest BCUT2D eigenvalue weighted by molar-refractivity contribution is 0.0797. The van der Waals surface area contributed by atoms with E-state index in [-0.39, 0.29) is 18.3 Å². The number of carbonyl (C=O) groups excluding carboxylic acids is 1. The molecule has 1 amide bonds. The van der Waals surface area contributed by atoms with Crippen LogP contribution < -0.4 is 5.32 Å². The molecule has 1 aromatic heterocycles. The first-order valence-electron chi connectivity index (χ1n) is 6.22. The van der Waals surface area contributed by atoms with Gasteiger partial charge in [0.15, 0.2) is 0 Å². The maximum Gasteiger partial charge on any atom is 0.253 e. The van der Waals surface area contributed by atoms with E-state index in [4.69, 9.17) is 0 Å². The molecule has 1 heterocycles. The first-order chi connectivity index (χ1) is 9.22. The van der Waals surface area contributed by atoms with Crippen LogP contribution in [0.25, 0.3) is 5.69 Å². The third kappa shape index (κ3) is 3.82. The molecule has 0 bridgehead atoms. The van der Waals surface area contributed by atoms with Gasteiger partial charge in [-0.2, -0.15) is 5.10 Å². The monoisotopic (exact) mass is 294 g/mol. The molecule has 0 radical (unpaired) electrons. The zero-order valence-electron chi connectivity index (χ0n) is 11.6. The van der Waals surface area contributed by atoms with E-state index in [1.54, 1.807) is 22.8 Å². The molecule has 0 aliphatic heterocycles. The van der Waals surface area contributed by atoms with E-state index < -0.39 is 0 Å². The Morgan fingerprint density at radius 1 is 1.35 bits per heavy atom. The van der Waals surface area contributed by atoms with Gasteiger partial charge < -0.3 is 10.2 Å². The molecule has 0 unspecified atom stereocenters. The van der Waals surface area contributed by atoms with Crippen LogP contribution in [-0.2, 0) is 0 Å². The molecule has 6 heteroatoms. The highest BCUT2D eigenvalue weighted by atomic mass is 35.5. The van der Waals surface area contributed by atoms with Crippen LogP contribution in [0.1, 0.15) is 10.4 Å². The van der Waals surface area contributed by atoms with Crippen LogP contribution in [0.2, 0.25) is 0 Å². The summed E-state index contributed by atoms with van der Waals surface area (Å²) in [6.45, 7) is 1.48. The zero-order chi connectivity index (χ0) is 13.7. The molecule has 0 aliphatic carbocycles. The SMILES string of the molecule is CNCCN(C)C(=O)c1ccc(-n2cccn2)cc1.Cl. The largest absolute Gasteiger partial charge is 0.340 e. The summed E-state index contributed by atoms with van der Waals surface area (Å²) in [7, 11) is 3.68. The zero-order valence-corrected chi connectivity index (χ0v) is 12.4. The summed E-state index contributed by atoms with van der Waals surface area (Å²) in [5.74, 6) is 0.0299. The van der Waals surface area contributed by atoms with E-state index in [1.807, 2.05) is 43.6 Å². The van der Waals surface area contributed by atoms with E-state index in [2.05, 4.69) is 10.4 Å². The Labute approximate surface area is 125 Å². The van der Waals surface area contributed by atoms with Gasteiger partial charge in [-0.1, -0.05) is 0 Å². The second-order valence-corrected chi connectivity index (χ2v) is 4.33. The number of aromatic nitrogens is 2. The summed E-state index contributed by atoms with van der Waals surface area (Å²) in [5, 5.41) is 7.18. The molecule has 2 rings (SSSR count). The van der Waals surface area contributed by atoms with E-state index in [0.717, 1.165) is 12.2 Å². The van der Waals surface area contributed by atoms with Crippen molar-refractivity contribution in [2.45, 2.75) is 0 Å². The topological polar surface area (TPSA) is 50.2 Å². The number of nitrogens with zero attached hydrogens (tertiary/aromatic N) is 3. The normalized spacial score (nSPS) is 9.90. The molecule has 0 atom stereocenters. The van der Waals surface area contributed by atoms with Gasteiger partial charge in [0, 0.05) is 38.1 Å². The number of nitrogens with one attached hydrogen (secondary N) is 1. The molecule has 5 nitrogen and oxygen atoms in total. The molecule has 0 spiro atoms. The molecular formula is C14H19ClN4O. The summed E-state index contributed by atoms with van der Waals surface area (Å²) in [5.41, 5.74) is 1.63. The summed E-state index contributed by atoms with van der Waals surface area (Å²) >= 11 is 0. The van der Waals surface area contributed by atoms with Crippen molar-refractivity contribution in [3.05, 3.63) is 48.3 Å². The predicted octanol–water partition coefficient (Wildman–Crippen LogP) is 1.59. The fraction of sp³-hybridized carbons (Fsp3) is 0.286. The lowest BCUT2D eigenvalue weighted by Crippen LogP contribution is -2.32. The van der Waals surface area contributed by atoms with Gasteiger partial charge in [0.1, 0.15) is 0 Å². The Bertz CT molecular complexity index is 525. The van der Waals surface area contributed by atoms with Crippen LogP contribution >= 0.6 is 12.4 Å². The maximum atomic E-state index is 12.1. The third-order valence-electron chi connectivity index (χ3n) is 2.93. The van der Waals surface area contributed by atoms with Crippen molar-refractivity contribution in [1.29, 1.82) is 0 Å². The number of amides is 1. The molecule has 2 aromatic rings. The summed E-state index contributed by atoms with van der Waals surface area (Å²) < 4.78 is 1.76. The highest BCUT2D eigenvalue weighted by molar-refractivity contribution is 5.94. The van der Waals surface area contributed by atoms with Crippen molar-refractivity contribution in [3.8, 4) is 5.69 Å². The first kappa shape index (κ1) is 16.2. The average Bonchev–Trinajstić information content (AvgIpc) is 2.98. The quantitative estimate of drug-likeness (QED) is 0.911. The van der Waals surface area contributed by atoms with Crippen LogP contribution in [0, 0.1) is 0 Å². The molecule has 1 N–H and O–H groups in total. The van der Waals surface area contributed by atoms with Gasteiger partial charge in [-0.05, 0) is 37.4 Å². The Kier molecular flexibility index (Phi) is 6.21. The lowest BCUT2D eigenvalue weighted by Gasteiger charge is -2.17. The Morgan fingerprint density at radius 3 is 2.60 bits per heavy atom. The minimum absolute atomic E-state index is 0. The minimum atomic E-state index is 0. The van der Waals surface area contributed by atoms with E-state index in [0.29, 0.717) is 12.1 Å². The van der Waals surface area contributed by atoms with Crippen molar-refractivity contribution in [2.75, 3.05) is 27.2 Å². The minimum Gasteiger partial charge on any atom is -0.340 e. The van der Waals surface area contributed by atoms with Crippen molar-refractivity contribution < 1.29 is 4.79 Å². The molecular weight excluding hydrogens is 276 g/mol. The smallest absolute Gasteiger partial charge is 0.253 e. The fourth-order valence-corrected chi connectivity index (χ4v) is 1.78. The molecule has 0 fully saturated rings. The van der Waals surface area contributed by atoms with E-state index in [9.17, 15) is 4.79 Å². The molecule has 1 aromatic carbocycles. The fourth-order valence-electron chi connectivity index (χ4n) is 1.78. The number of hydrogen-bond donors (Lipinski definition) is 1. The van der Waals surface area contributed by atoms with Gasteiger partial charge in [-0.15, -0.1) is 12.4 Å². The lowest BCUT2D eigenvalue weighted by atomic mass is 10.2. The number of rotatable bonds is 5. The van der Waals surface area contributed by atoms with Crippen LogP contribution in [0.3, 0.4) is 0 Å². The van der Waals surface area contributed by atoms with E-state index >= 15 is 0 Å². The van der Waals surface area contributed by atoms with Crippen LogP contribution in [0.4, 0.5) is 0 Å². The number of halogens is 1. The molecule has 0 saturated heterocycles. The maximum absolute atomic E-state index is 12.1. The summed E-state index contributed by atoms with van der Waals surface area (Å²) in [4.78, 5) is 13.8. The molecule has 0 aliphatic rings. The summed E-state index contributed by atoms with van der Waals surface area (Å²) in [6.07, 6.45) is 3.60. The Hall–Kier alpha value is -1.85. The van der Waals surface area contributed by atoms with Crippen LogP contribution in [0.15, 0.2) is 42.7 Å². The highest BCUT2D eigenvalue weighted by Gasteiger charge is 2.10. The highest BCUT2D eigenvalue weighted by Crippen LogP contribution is 2.10. The number of carbonyl (C=O) groups is 1. The van der Waals surface area contributed by atoms with Crippen molar-refractivity contribution in [2.24, 2.45) is 0 Å². The van der Waals surface area contributed by atoms with Crippen molar-refractivity contribution in [3.63, 3.8) is 0 Å². The van der Waals surface area contributed by atoms with Gasteiger partial charge >= 0.3 is 0 Å². The predicted molar refractivity (Wildman–Crippen MR) is 81.7 cm³/mol. The van der Waals surface area contributed by atoms with Crippen molar-refractivity contribution >= 4 is 18.3 Å². The molecule has 108 valence electrons. The van der Waals surface area contributed by atoms with Gasteiger partial charge in [0.05, 0.1) is 5.69 Å². The van der Waals surface area contributed by atoms with Gasteiger partial charge in [0.2, 0.25) is 0 Å². The van der Waals surface area contributed by atoms with Gasteiger partial charge in [0.25, 0.3) is 5.91 Å². The standard InChI is InChI=1S/C14H18N4O.ClH/c1-15-9-11-17(2)14(19)12-4-6-13(7-5-12)18-10-3-8-16-18;/h3-8,10,15H,9,11H2,1-2H3;1H. The van der Waals surface area contributed by atoms with Crippen LogP contribution in [-0.4, -0.2) is 47.8 Å². The Balaban J connectivity index is 0.00000200. The van der Waals surface area contributed by atoms with Gasteiger partial charge in [-0.25, -0.2) is 4.68 Å². The number of benzene rings is 1. The molecule has 20 heavy (non-hydrogen) atoms. The molecule has 0 saturated carbocycles. The first-order valence-corrected chi connectivity index (χ1v) is 6.22. The average molecular weight is 295 g/mol. The number of likely N-dealkylation sites (N-methyl/N-ethyl adjacent to an activating group) is 2. The number of hydrogen-bond acceptors (Lipinski definition) is 3. The van der Waals surface area contributed by atoms with Crippen molar-refractivity contribution in [1.82, 2.24) is 20.0 Å². The Morgan fingerprint density at radius 2 is 2.05 bits per heavy atom. The van der Waals surface area contributed by atoms with E-state index in [1.165, 1.54) is 0 Å². The van der Waals surface area contributed by atoms with Gasteiger partial charge in [-0.3, -0.25) is 4.79 Å². The van der Waals surface area contributed by atoms with Crippen LogP contribution in [0.5, 0.6) is 0 Å². The third-order valence-corrected chi connectivity index (χ3v) is 2.93.